The third-order valence-corrected chi connectivity index (χ3v) is 2.01. The summed E-state index contributed by atoms with van der Waals surface area (Å²) in [4.78, 5) is 13.3. The summed E-state index contributed by atoms with van der Waals surface area (Å²) in [7, 11) is 0. The number of nitrogens with one attached hydrogen (secondary N) is 1. The number of halogens is 1. The molecule has 0 unspecified atom stereocenters. The molecule has 6 heteroatoms. The molecule has 13 heavy (non-hydrogen) atoms. The van der Waals surface area contributed by atoms with Crippen LogP contribution < -0.4 is 0 Å². The number of nitrogens with zero attached hydrogens (tertiary/aromatic N) is 3. The Hall–Kier alpha value is -0.910. The lowest BCUT2D eigenvalue weighted by Gasteiger charge is -2.17. The van der Waals surface area contributed by atoms with Crippen LogP contribution in [0.25, 0.3) is 0 Å². The zero-order valence-corrected chi connectivity index (χ0v) is 8.91. The van der Waals surface area contributed by atoms with E-state index in [0.29, 0.717) is 18.8 Å². The van der Waals surface area contributed by atoms with Crippen molar-refractivity contribution in [1.29, 1.82) is 0 Å². The van der Waals surface area contributed by atoms with Crippen LogP contribution in [0, 0.1) is 0 Å². The smallest absolute Gasteiger partial charge is 0.276 e. The van der Waals surface area contributed by atoms with Crippen molar-refractivity contribution in [2.45, 2.75) is 6.92 Å². The van der Waals surface area contributed by atoms with Gasteiger partial charge in [0, 0.05) is 18.4 Å². The predicted octanol–water partition coefficient (Wildman–Crippen LogP) is 0.662. The van der Waals surface area contributed by atoms with E-state index in [2.05, 4.69) is 31.3 Å². The largest absolute Gasteiger partial charge is 0.337 e. The predicted molar refractivity (Wildman–Crippen MR) is 51.8 cm³/mol. The van der Waals surface area contributed by atoms with Crippen LogP contribution in [0.1, 0.15) is 17.4 Å². The molecule has 1 N–H and O–H groups in total. The van der Waals surface area contributed by atoms with Crippen molar-refractivity contribution in [2.75, 3.05) is 18.4 Å². The van der Waals surface area contributed by atoms with Crippen molar-refractivity contribution < 1.29 is 4.79 Å². The molecule has 0 aliphatic rings. The van der Waals surface area contributed by atoms with Gasteiger partial charge in [0.15, 0.2) is 5.69 Å². The number of hydrogen-bond donors (Lipinski definition) is 1. The van der Waals surface area contributed by atoms with Gasteiger partial charge in [-0.1, -0.05) is 15.9 Å². The second-order valence-corrected chi connectivity index (χ2v) is 3.22. The lowest BCUT2D eigenvalue weighted by atomic mass is 10.4. The molecule has 72 valence electrons. The Kier molecular flexibility index (Phi) is 3.88. The third-order valence-electron chi connectivity index (χ3n) is 1.66. The third kappa shape index (κ3) is 2.51. The highest BCUT2D eigenvalue weighted by atomic mass is 79.9. The highest BCUT2D eigenvalue weighted by Gasteiger charge is 2.15. The van der Waals surface area contributed by atoms with Crippen LogP contribution in [-0.4, -0.2) is 44.6 Å². The molecular formula is C7H11BrN4O. The van der Waals surface area contributed by atoms with Crippen LogP contribution in [0.4, 0.5) is 0 Å². The average molecular weight is 247 g/mol. The molecule has 1 heterocycles. The number of hydrogen-bond acceptors (Lipinski definition) is 3. The van der Waals surface area contributed by atoms with Gasteiger partial charge in [-0.15, -0.1) is 0 Å². The quantitative estimate of drug-likeness (QED) is 0.795. The van der Waals surface area contributed by atoms with Gasteiger partial charge in [-0.2, -0.15) is 15.4 Å². The SMILES string of the molecule is CCN(CCBr)C(=O)c1cn[nH]n1. The fraction of sp³-hybridized carbons (Fsp3) is 0.571. The van der Waals surface area contributed by atoms with Crippen LogP contribution in [-0.2, 0) is 0 Å². The maximum Gasteiger partial charge on any atom is 0.276 e. The zero-order chi connectivity index (χ0) is 9.68. The summed E-state index contributed by atoms with van der Waals surface area (Å²) in [6.07, 6.45) is 1.43. The molecule has 5 nitrogen and oxygen atoms in total. The minimum Gasteiger partial charge on any atom is -0.337 e. The summed E-state index contributed by atoms with van der Waals surface area (Å²) in [5.74, 6) is -0.0873. The van der Waals surface area contributed by atoms with E-state index in [1.807, 2.05) is 6.92 Å². The first-order chi connectivity index (χ1) is 6.29. The topological polar surface area (TPSA) is 61.9 Å². The summed E-state index contributed by atoms with van der Waals surface area (Å²) in [6, 6.07) is 0. The van der Waals surface area contributed by atoms with Crippen LogP contribution in [0.2, 0.25) is 0 Å². The number of H-pyrrole nitrogens is 1. The summed E-state index contributed by atoms with van der Waals surface area (Å²) < 4.78 is 0. The Bertz CT molecular complexity index is 261. The van der Waals surface area contributed by atoms with Crippen LogP contribution in [0.3, 0.4) is 0 Å². The first-order valence-electron chi connectivity index (χ1n) is 4.00. The van der Waals surface area contributed by atoms with Gasteiger partial charge in [-0.3, -0.25) is 4.79 Å². The van der Waals surface area contributed by atoms with Gasteiger partial charge in [-0.25, -0.2) is 0 Å². The monoisotopic (exact) mass is 246 g/mol. The fourth-order valence-corrected chi connectivity index (χ4v) is 1.40. The van der Waals surface area contributed by atoms with E-state index in [1.54, 1.807) is 4.90 Å². The second kappa shape index (κ2) is 4.96. The van der Waals surface area contributed by atoms with E-state index in [4.69, 9.17) is 0 Å². The summed E-state index contributed by atoms with van der Waals surface area (Å²) >= 11 is 3.28. The Labute approximate surface area is 84.6 Å². The van der Waals surface area contributed by atoms with Crippen molar-refractivity contribution >= 4 is 21.8 Å². The first-order valence-corrected chi connectivity index (χ1v) is 5.12. The number of carbonyl (C=O) groups excluding carboxylic acids is 1. The number of carbonyl (C=O) groups is 1. The van der Waals surface area contributed by atoms with Crippen molar-refractivity contribution in [3.63, 3.8) is 0 Å². The highest BCUT2D eigenvalue weighted by Crippen LogP contribution is 1.99. The molecule has 0 atom stereocenters. The summed E-state index contributed by atoms with van der Waals surface area (Å²) in [6.45, 7) is 3.29. The molecule has 1 aromatic rings. The Balaban J connectivity index is 2.65. The number of aromatic nitrogens is 3. The summed E-state index contributed by atoms with van der Waals surface area (Å²) in [5, 5.41) is 10.5. The highest BCUT2D eigenvalue weighted by molar-refractivity contribution is 9.09. The normalized spacial score (nSPS) is 10.0. The molecule has 1 rings (SSSR count). The van der Waals surface area contributed by atoms with E-state index in [0.717, 1.165) is 5.33 Å². The number of rotatable bonds is 4. The van der Waals surface area contributed by atoms with Crippen molar-refractivity contribution in [3.05, 3.63) is 11.9 Å². The minimum atomic E-state index is -0.0873. The molecular weight excluding hydrogens is 236 g/mol. The molecule has 0 radical (unpaired) electrons. The van der Waals surface area contributed by atoms with E-state index >= 15 is 0 Å². The molecule has 0 aliphatic heterocycles. The average Bonchev–Trinajstić information content (AvgIpc) is 2.65. The van der Waals surface area contributed by atoms with Crippen LogP contribution in [0.15, 0.2) is 6.20 Å². The second-order valence-electron chi connectivity index (χ2n) is 2.43. The minimum absolute atomic E-state index is 0.0873. The first kappa shape index (κ1) is 10.2. The maximum atomic E-state index is 11.6. The van der Waals surface area contributed by atoms with E-state index < -0.39 is 0 Å². The Morgan fingerprint density at radius 1 is 1.77 bits per heavy atom. The van der Waals surface area contributed by atoms with Crippen molar-refractivity contribution in [2.24, 2.45) is 0 Å². The molecule has 0 spiro atoms. The van der Waals surface area contributed by atoms with Gasteiger partial charge >= 0.3 is 0 Å². The number of amides is 1. The van der Waals surface area contributed by atoms with E-state index in [-0.39, 0.29) is 5.91 Å². The number of aromatic amines is 1. The van der Waals surface area contributed by atoms with E-state index in [1.165, 1.54) is 6.20 Å². The fourth-order valence-electron chi connectivity index (χ4n) is 0.972. The molecule has 0 saturated heterocycles. The lowest BCUT2D eigenvalue weighted by Crippen LogP contribution is -2.32. The molecule has 0 aromatic carbocycles. The zero-order valence-electron chi connectivity index (χ0n) is 7.33. The molecule has 0 fully saturated rings. The van der Waals surface area contributed by atoms with Crippen LogP contribution in [0.5, 0.6) is 0 Å². The van der Waals surface area contributed by atoms with Gasteiger partial charge < -0.3 is 4.90 Å². The van der Waals surface area contributed by atoms with Gasteiger partial charge in [-0.05, 0) is 6.92 Å². The van der Waals surface area contributed by atoms with Gasteiger partial charge in [0.25, 0.3) is 5.91 Å². The molecule has 1 amide bonds. The molecule has 0 saturated carbocycles. The lowest BCUT2D eigenvalue weighted by molar-refractivity contribution is 0.0769. The molecule has 0 bridgehead atoms. The van der Waals surface area contributed by atoms with Crippen LogP contribution >= 0.6 is 15.9 Å². The standard InChI is InChI=1S/C7H11BrN4O/c1-2-12(4-3-8)7(13)6-5-9-11-10-6/h5H,2-4H2,1H3,(H,9,10,11). The molecule has 0 aliphatic carbocycles. The van der Waals surface area contributed by atoms with Crippen molar-refractivity contribution in [1.82, 2.24) is 20.3 Å². The van der Waals surface area contributed by atoms with Crippen molar-refractivity contribution in [3.8, 4) is 0 Å². The van der Waals surface area contributed by atoms with E-state index in [9.17, 15) is 4.79 Å². The van der Waals surface area contributed by atoms with Gasteiger partial charge in [0.05, 0.1) is 6.20 Å². The van der Waals surface area contributed by atoms with Gasteiger partial charge in [0.2, 0.25) is 0 Å². The van der Waals surface area contributed by atoms with Gasteiger partial charge in [0.1, 0.15) is 0 Å². The summed E-state index contributed by atoms with van der Waals surface area (Å²) in [5.41, 5.74) is 0.364. The Morgan fingerprint density at radius 2 is 2.54 bits per heavy atom. The maximum absolute atomic E-state index is 11.6. The molecule has 1 aromatic heterocycles. The Morgan fingerprint density at radius 3 is 3.00 bits per heavy atom. The number of alkyl halides is 1.